The van der Waals surface area contributed by atoms with Gasteiger partial charge in [0.15, 0.2) is 0 Å². The van der Waals surface area contributed by atoms with Crippen molar-refractivity contribution < 1.29 is 4.74 Å². The van der Waals surface area contributed by atoms with E-state index in [9.17, 15) is 0 Å². The zero-order valence-corrected chi connectivity index (χ0v) is 7.14. The van der Waals surface area contributed by atoms with E-state index < -0.39 is 0 Å². The lowest BCUT2D eigenvalue weighted by atomic mass is 10.4. The van der Waals surface area contributed by atoms with Crippen LogP contribution in [0.25, 0.3) is 0 Å². The Bertz CT molecular complexity index is 97.0. The standard InChI is InChI=1S/C5H11NOS2/c1-4(7-2)3-6-5(8)9/h4H,3H2,1-2H3,(H2,6,8,9)/p-1. The van der Waals surface area contributed by atoms with Crippen LogP contribution in [0.3, 0.4) is 0 Å². The first-order valence-electron chi connectivity index (χ1n) is 2.64. The van der Waals surface area contributed by atoms with Crippen molar-refractivity contribution in [1.29, 1.82) is 0 Å². The monoisotopic (exact) mass is 164 g/mol. The summed E-state index contributed by atoms with van der Waals surface area (Å²) in [6.07, 6.45) is 0.172. The topological polar surface area (TPSA) is 21.3 Å². The molecule has 0 aromatic rings. The molecule has 0 saturated heterocycles. The molecule has 0 aromatic heterocycles. The van der Waals surface area contributed by atoms with Crippen LogP contribution in [0.1, 0.15) is 6.92 Å². The molecule has 0 radical (unpaired) electrons. The third kappa shape index (κ3) is 5.95. The molecule has 0 rings (SSSR count). The predicted octanol–water partition coefficient (Wildman–Crippen LogP) is 0.443. The number of nitrogens with one attached hydrogen (secondary N) is 1. The fourth-order valence-electron chi connectivity index (χ4n) is 0.310. The van der Waals surface area contributed by atoms with Crippen molar-refractivity contribution in [2.24, 2.45) is 0 Å². The van der Waals surface area contributed by atoms with Crippen molar-refractivity contribution in [3.8, 4) is 0 Å². The largest absolute Gasteiger partial charge is 0.412 e. The van der Waals surface area contributed by atoms with Gasteiger partial charge in [-0.25, -0.2) is 0 Å². The molecule has 1 unspecified atom stereocenters. The Kier molecular flexibility index (Phi) is 4.94. The molecule has 0 aromatic carbocycles. The van der Waals surface area contributed by atoms with Crippen LogP contribution in [0.2, 0.25) is 0 Å². The van der Waals surface area contributed by atoms with Crippen molar-refractivity contribution in [3.05, 3.63) is 0 Å². The minimum atomic E-state index is 0.172. The summed E-state index contributed by atoms with van der Waals surface area (Å²) in [5, 5.41) is 2.82. The van der Waals surface area contributed by atoms with Gasteiger partial charge in [0.25, 0.3) is 0 Å². The number of hydrogen-bond acceptors (Lipinski definition) is 3. The second kappa shape index (κ2) is 4.90. The van der Waals surface area contributed by atoms with E-state index in [2.05, 4.69) is 30.2 Å². The van der Waals surface area contributed by atoms with E-state index in [1.54, 1.807) is 7.11 Å². The van der Waals surface area contributed by atoms with Gasteiger partial charge >= 0.3 is 0 Å². The summed E-state index contributed by atoms with van der Waals surface area (Å²) < 4.78 is 5.33. The van der Waals surface area contributed by atoms with Crippen LogP contribution in [0, 0.1) is 0 Å². The lowest BCUT2D eigenvalue weighted by molar-refractivity contribution is 0.122. The normalized spacial score (nSPS) is 12.7. The lowest BCUT2D eigenvalue weighted by Crippen LogP contribution is -2.28. The summed E-state index contributed by atoms with van der Waals surface area (Å²) in [7, 11) is 1.65. The summed E-state index contributed by atoms with van der Waals surface area (Å²) in [4.78, 5) is 0. The molecular weight excluding hydrogens is 154 g/mol. The van der Waals surface area contributed by atoms with Gasteiger partial charge in [0.05, 0.1) is 6.10 Å². The first-order valence-corrected chi connectivity index (χ1v) is 3.46. The Morgan fingerprint density at radius 2 is 2.44 bits per heavy atom. The SMILES string of the molecule is COC(C)CNC(=S)[S-]. The molecule has 0 fully saturated rings. The first kappa shape index (κ1) is 9.07. The molecule has 0 aliphatic heterocycles. The Labute approximate surface area is 66.4 Å². The maximum absolute atomic E-state index is 4.93. The van der Waals surface area contributed by atoms with Crippen LogP contribution in [-0.4, -0.2) is 24.1 Å². The molecule has 4 heteroatoms. The molecule has 0 heterocycles. The van der Waals surface area contributed by atoms with Crippen LogP contribution in [0.4, 0.5) is 0 Å². The van der Waals surface area contributed by atoms with Crippen molar-refractivity contribution in [2.45, 2.75) is 13.0 Å². The van der Waals surface area contributed by atoms with Gasteiger partial charge in [-0.15, -0.1) is 0 Å². The molecule has 0 bridgehead atoms. The fraction of sp³-hybridized carbons (Fsp3) is 0.800. The van der Waals surface area contributed by atoms with E-state index in [-0.39, 0.29) is 6.10 Å². The van der Waals surface area contributed by atoms with E-state index in [4.69, 9.17) is 4.74 Å². The summed E-state index contributed by atoms with van der Waals surface area (Å²) in [6, 6.07) is 0. The quantitative estimate of drug-likeness (QED) is 0.482. The minimum absolute atomic E-state index is 0.172. The van der Waals surface area contributed by atoms with Crippen molar-refractivity contribution in [3.63, 3.8) is 0 Å². The third-order valence-corrected chi connectivity index (χ3v) is 1.22. The highest BCUT2D eigenvalue weighted by molar-refractivity contribution is 8.00. The second-order valence-electron chi connectivity index (χ2n) is 1.71. The highest BCUT2D eigenvalue weighted by Crippen LogP contribution is 1.82. The minimum Gasteiger partial charge on any atom is -0.412 e. The maximum Gasteiger partial charge on any atom is 0.0714 e. The highest BCUT2D eigenvalue weighted by atomic mass is 32.1. The summed E-state index contributed by atoms with van der Waals surface area (Å²) in [5.41, 5.74) is 0. The van der Waals surface area contributed by atoms with Crippen LogP contribution in [-0.2, 0) is 17.4 Å². The van der Waals surface area contributed by atoms with Crippen molar-refractivity contribution in [1.82, 2.24) is 5.32 Å². The average molecular weight is 164 g/mol. The Hall–Kier alpha value is 0.0700. The van der Waals surface area contributed by atoms with Crippen LogP contribution in [0.15, 0.2) is 0 Å². The van der Waals surface area contributed by atoms with Crippen molar-refractivity contribution in [2.75, 3.05) is 13.7 Å². The molecule has 9 heavy (non-hydrogen) atoms. The zero-order chi connectivity index (χ0) is 7.28. The Balaban J connectivity index is 3.16. The average Bonchev–Trinajstić information content (AvgIpc) is 1.83. The Morgan fingerprint density at radius 3 is 2.78 bits per heavy atom. The number of methoxy groups -OCH3 is 1. The molecule has 0 spiro atoms. The van der Waals surface area contributed by atoms with Crippen LogP contribution >= 0.6 is 12.2 Å². The van der Waals surface area contributed by atoms with Gasteiger partial charge in [-0.2, -0.15) is 0 Å². The van der Waals surface area contributed by atoms with E-state index in [0.717, 1.165) is 0 Å². The highest BCUT2D eigenvalue weighted by Gasteiger charge is 1.93. The fourth-order valence-corrected chi connectivity index (χ4v) is 0.477. The van der Waals surface area contributed by atoms with Crippen LogP contribution in [0.5, 0.6) is 0 Å². The smallest absolute Gasteiger partial charge is 0.0714 e. The molecule has 0 amide bonds. The van der Waals surface area contributed by atoms with E-state index in [1.165, 1.54) is 0 Å². The van der Waals surface area contributed by atoms with Crippen LogP contribution < -0.4 is 5.32 Å². The van der Waals surface area contributed by atoms with Gasteiger partial charge in [0, 0.05) is 13.7 Å². The maximum atomic E-state index is 4.93. The predicted molar refractivity (Wildman–Crippen MR) is 44.4 cm³/mol. The molecule has 0 aliphatic carbocycles. The van der Waals surface area contributed by atoms with E-state index >= 15 is 0 Å². The summed E-state index contributed by atoms with van der Waals surface area (Å²) in [6.45, 7) is 2.64. The molecule has 0 aliphatic rings. The number of ether oxygens (including phenoxy) is 1. The van der Waals surface area contributed by atoms with Gasteiger partial charge in [-0.1, -0.05) is 4.32 Å². The van der Waals surface area contributed by atoms with E-state index in [0.29, 0.717) is 10.9 Å². The molecule has 0 saturated carbocycles. The number of rotatable bonds is 3. The Morgan fingerprint density at radius 1 is 1.89 bits per heavy atom. The van der Waals surface area contributed by atoms with Gasteiger partial charge in [-0.05, 0) is 6.92 Å². The molecule has 2 nitrogen and oxygen atoms in total. The van der Waals surface area contributed by atoms with Crippen molar-refractivity contribution >= 4 is 29.2 Å². The second-order valence-corrected chi connectivity index (χ2v) is 2.79. The summed E-state index contributed by atoms with van der Waals surface area (Å²) in [5.74, 6) is 0. The number of hydrogen-bond donors (Lipinski definition) is 1. The first-order chi connectivity index (χ1) is 4.16. The lowest BCUT2D eigenvalue weighted by Gasteiger charge is -2.13. The third-order valence-electron chi connectivity index (χ3n) is 0.936. The number of thiocarbonyl (C=S) groups is 1. The van der Waals surface area contributed by atoms with Gasteiger partial charge < -0.3 is 34.9 Å². The molecule has 1 N–H and O–H groups in total. The van der Waals surface area contributed by atoms with Gasteiger partial charge in [0.2, 0.25) is 0 Å². The van der Waals surface area contributed by atoms with E-state index in [1.807, 2.05) is 6.92 Å². The molecule has 54 valence electrons. The summed E-state index contributed by atoms with van der Waals surface area (Å²) >= 11 is 9.22. The molecule has 1 atom stereocenters. The van der Waals surface area contributed by atoms with Gasteiger partial charge in [0.1, 0.15) is 0 Å². The molecular formula is C5H10NOS2-. The van der Waals surface area contributed by atoms with Gasteiger partial charge in [-0.3, -0.25) is 0 Å². The zero-order valence-electron chi connectivity index (χ0n) is 5.51.